The first-order valence-corrected chi connectivity index (χ1v) is 9.37. The first-order valence-electron chi connectivity index (χ1n) is 9.37. The number of amides is 2. The average molecular weight is 360 g/mol. The zero-order valence-electron chi connectivity index (χ0n) is 15.2. The van der Waals surface area contributed by atoms with Crippen molar-refractivity contribution in [2.24, 2.45) is 0 Å². The van der Waals surface area contributed by atoms with Crippen LogP contribution < -0.4 is 5.32 Å². The van der Waals surface area contributed by atoms with Crippen molar-refractivity contribution in [2.75, 3.05) is 13.1 Å². The predicted octanol–water partition coefficient (Wildman–Crippen LogP) is 2.37. The largest absolute Gasteiger partial charge is 0.481 e. The van der Waals surface area contributed by atoms with Crippen LogP contribution in [0.2, 0.25) is 0 Å². The van der Waals surface area contributed by atoms with Crippen molar-refractivity contribution < 1.29 is 19.5 Å². The van der Waals surface area contributed by atoms with E-state index in [4.69, 9.17) is 5.11 Å². The summed E-state index contributed by atoms with van der Waals surface area (Å²) in [6.45, 7) is 0.669. The van der Waals surface area contributed by atoms with Gasteiger partial charge in [0, 0.05) is 25.4 Å². The number of aliphatic carboxylic acids is 1. The topological polar surface area (TPSA) is 86.7 Å². The Morgan fingerprint density at radius 2 is 1.85 bits per heavy atom. The minimum Gasteiger partial charge on any atom is -0.481 e. The Balaban J connectivity index is 1.93. The molecule has 0 spiro atoms. The van der Waals surface area contributed by atoms with Crippen LogP contribution in [-0.4, -0.2) is 46.9 Å². The number of benzene rings is 1. The summed E-state index contributed by atoms with van der Waals surface area (Å²) >= 11 is 0. The van der Waals surface area contributed by atoms with Gasteiger partial charge in [-0.1, -0.05) is 43.2 Å². The Hall–Kier alpha value is -2.37. The van der Waals surface area contributed by atoms with E-state index in [2.05, 4.69) is 5.32 Å². The van der Waals surface area contributed by atoms with Gasteiger partial charge in [0.1, 0.15) is 0 Å². The molecule has 26 heavy (non-hydrogen) atoms. The van der Waals surface area contributed by atoms with Crippen molar-refractivity contribution >= 4 is 17.8 Å². The van der Waals surface area contributed by atoms with Crippen molar-refractivity contribution in [2.45, 2.75) is 57.4 Å². The van der Waals surface area contributed by atoms with Gasteiger partial charge in [-0.2, -0.15) is 0 Å². The summed E-state index contributed by atoms with van der Waals surface area (Å²) in [6.07, 6.45) is 5.40. The van der Waals surface area contributed by atoms with Gasteiger partial charge in [0.2, 0.25) is 11.8 Å². The third kappa shape index (κ3) is 7.25. The molecule has 142 valence electrons. The number of likely N-dealkylation sites (tertiary alicyclic amines) is 1. The molecule has 1 aliphatic heterocycles. The molecule has 0 radical (unpaired) electrons. The average Bonchev–Trinajstić information content (AvgIpc) is 2.60. The summed E-state index contributed by atoms with van der Waals surface area (Å²) in [5, 5.41) is 11.9. The van der Waals surface area contributed by atoms with Crippen LogP contribution in [0.3, 0.4) is 0 Å². The fourth-order valence-electron chi connectivity index (χ4n) is 3.25. The lowest BCUT2D eigenvalue weighted by Crippen LogP contribution is -2.45. The SMILES string of the molecule is O=C(O)CCC(Cc1ccccc1)NC(=O)CN1CCCCCCC1=O. The highest BCUT2D eigenvalue weighted by atomic mass is 16.4. The fraction of sp³-hybridized carbons (Fsp3) is 0.550. The third-order valence-corrected chi connectivity index (χ3v) is 4.65. The number of carboxylic acid groups (broad SMARTS) is 1. The molecule has 1 atom stereocenters. The number of carbonyl (C=O) groups excluding carboxylic acids is 2. The second kappa shape index (κ2) is 10.6. The molecule has 1 heterocycles. The van der Waals surface area contributed by atoms with Crippen LogP contribution in [0.1, 0.15) is 50.5 Å². The maximum atomic E-state index is 12.4. The standard InChI is InChI=1S/C20H28N2O4/c23-18(15-22-13-7-2-1-6-10-19(22)24)21-17(11-12-20(25)26)14-16-8-4-3-5-9-16/h3-5,8-9,17H,1-2,6-7,10-15H2,(H,21,23)(H,25,26). The van der Waals surface area contributed by atoms with Crippen molar-refractivity contribution in [3.05, 3.63) is 35.9 Å². The van der Waals surface area contributed by atoms with Crippen LogP contribution in [-0.2, 0) is 20.8 Å². The number of carbonyl (C=O) groups is 3. The van der Waals surface area contributed by atoms with E-state index in [1.807, 2.05) is 30.3 Å². The molecule has 1 aromatic rings. The van der Waals surface area contributed by atoms with E-state index in [1.165, 1.54) is 0 Å². The first-order chi connectivity index (χ1) is 12.5. The van der Waals surface area contributed by atoms with E-state index in [1.54, 1.807) is 4.90 Å². The summed E-state index contributed by atoms with van der Waals surface area (Å²) in [7, 11) is 0. The highest BCUT2D eigenvalue weighted by Crippen LogP contribution is 2.12. The Morgan fingerprint density at radius 1 is 1.12 bits per heavy atom. The van der Waals surface area contributed by atoms with Gasteiger partial charge >= 0.3 is 5.97 Å². The molecule has 1 aliphatic rings. The van der Waals surface area contributed by atoms with Crippen LogP contribution in [0.4, 0.5) is 0 Å². The number of rotatable bonds is 8. The van der Waals surface area contributed by atoms with Crippen molar-refractivity contribution in [3.8, 4) is 0 Å². The lowest BCUT2D eigenvalue weighted by molar-refractivity contribution is -0.137. The number of nitrogens with zero attached hydrogens (tertiary/aromatic N) is 1. The van der Waals surface area contributed by atoms with E-state index in [9.17, 15) is 14.4 Å². The number of nitrogens with one attached hydrogen (secondary N) is 1. The lowest BCUT2D eigenvalue weighted by atomic mass is 10.0. The number of hydrogen-bond donors (Lipinski definition) is 2. The van der Waals surface area contributed by atoms with Gasteiger partial charge in [-0.05, 0) is 31.2 Å². The molecular formula is C20H28N2O4. The summed E-state index contributed by atoms with van der Waals surface area (Å²) < 4.78 is 0. The summed E-state index contributed by atoms with van der Waals surface area (Å²) in [6, 6.07) is 9.42. The molecule has 2 N–H and O–H groups in total. The van der Waals surface area contributed by atoms with Gasteiger partial charge < -0.3 is 15.3 Å². The molecule has 0 saturated carbocycles. The molecule has 2 amide bonds. The molecule has 0 aliphatic carbocycles. The Morgan fingerprint density at radius 3 is 2.58 bits per heavy atom. The molecule has 1 saturated heterocycles. The first kappa shape index (κ1) is 19.9. The molecule has 1 aromatic carbocycles. The quantitative estimate of drug-likeness (QED) is 0.745. The van der Waals surface area contributed by atoms with Gasteiger partial charge in [0.25, 0.3) is 0 Å². The Labute approximate surface area is 154 Å². The maximum Gasteiger partial charge on any atom is 0.303 e. The highest BCUT2D eigenvalue weighted by Gasteiger charge is 2.21. The summed E-state index contributed by atoms with van der Waals surface area (Å²) in [5.74, 6) is -1.06. The normalized spacial score (nSPS) is 16.5. The zero-order valence-corrected chi connectivity index (χ0v) is 15.2. The van der Waals surface area contributed by atoms with Crippen molar-refractivity contribution in [1.29, 1.82) is 0 Å². The number of carboxylic acids is 1. The minimum absolute atomic E-state index is 0.000422. The highest BCUT2D eigenvalue weighted by molar-refractivity contribution is 5.85. The Kier molecular flexibility index (Phi) is 8.12. The molecule has 1 fully saturated rings. The molecule has 0 aromatic heterocycles. The van der Waals surface area contributed by atoms with Gasteiger partial charge in [-0.15, -0.1) is 0 Å². The predicted molar refractivity (Wildman–Crippen MR) is 98.6 cm³/mol. The molecular weight excluding hydrogens is 332 g/mol. The van der Waals surface area contributed by atoms with Crippen LogP contribution in [0.15, 0.2) is 30.3 Å². The second-order valence-electron chi connectivity index (χ2n) is 6.87. The van der Waals surface area contributed by atoms with Crippen LogP contribution in [0, 0.1) is 0 Å². The lowest BCUT2D eigenvalue weighted by Gasteiger charge is -2.26. The van der Waals surface area contributed by atoms with Gasteiger partial charge in [-0.3, -0.25) is 14.4 Å². The summed E-state index contributed by atoms with van der Waals surface area (Å²) in [5.41, 5.74) is 1.05. The monoisotopic (exact) mass is 360 g/mol. The molecule has 0 bridgehead atoms. The van der Waals surface area contributed by atoms with Crippen LogP contribution in [0.5, 0.6) is 0 Å². The van der Waals surface area contributed by atoms with E-state index in [-0.39, 0.29) is 30.8 Å². The molecule has 2 rings (SSSR count). The maximum absolute atomic E-state index is 12.4. The zero-order chi connectivity index (χ0) is 18.8. The Bertz CT molecular complexity index is 603. The third-order valence-electron chi connectivity index (χ3n) is 4.65. The van der Waals surface area contributed by atoms with E-state index >= 15 is 0 Å². The summed E-state index contributed by atoms with van der Waals surface area (Å²) in [4.78, 5) is 37.1. The van der Waals surface area contributed by atoms with E-state index < -0.39 is 5.97 Å². The smallest absolute Gasteiger partial charge is 0.303 e. The second-order valence-corrected chi connectivity index (χ2v) is 6.87. The van der Waals surface area contributed by atoms with Crippen molar-refractivity contribution in [3.63, 3.8) is 0 Å². The molecule has 6 nitrogen and oxygen atoms in total. The van der Waals surface area contributed by atoms with Crippen LogP contribution in [0.25, 0.3) is 0 Å². The van der Waals surface area contributed by atoms with Gasteiger partial charge in [0.15, 0.2) is 0 Å². The molecule has 6 heteroatoms. The van der Waals surface area contributed by atoms with Crippen molar-refractivity contribution in [1.82, 2.24) is 10.2 Å². The van der Waals surface area contributed by atoms with Gasteiger partial charge in [0.05, 0.1) is 6.54 Å². The van der Waals surface area contributed by atoms with Crippen LogP contribution >= 0.6 is 0 Å². The number of hydrogen-bond acceptors (Lipinski definition) is 3. The minimum atomic E-state index is -0.878. The fourth-order valence-corrected chi connectivity index (χ4v) is 3.25. The molecule has 1 unspecified atom stereocenters. The van der Waals surface area contributed by atoms with Gasteiger partial charge in [-0.25, -0.2) is 0 Å². The van der Waals surface area contributed by atoms with E-state index in [0.717, 1.165) is 31.2 Å². The van der Waals surface area contributed by atoms with E-state index in [0.29, 0.717) is 25.8 Å².